The summed E-state index contributed by atoms with van der Waals surface area (Å²) >= 11 is 5.90. The van der Waals surface area contributed by atoms with Crippen LogP contribution in [0.1, 0.15) is 28.7 Å². The number of ether oxygens (including phenoxy) is 1. The van der Waals surface area contributed by atoms with E-state index in [0.29, 0.717) is 11.3 Å². The van der Waals surface area contributed by atoms with Gasteiger partial charge in [-0.05, 0) is 18.6 Å². The van der Waals surface area contributed by atoms with E-state index in [-0.39, 0.29) is 30.4 Å². The van der Waals surface area contributed by atoms with Gasteiger partial charge in [0.25, 0.3) is 0 Å². The molecule has 0 radical (unpaired) electrons. The van der Waals surface area contributed by atoms with E-state index in [1.807, 2.05) is 0 Å². The molecule has 0 saturated heterocycles. The van der Waals surface area contributed by atoms with Gasteiger partial charge in [-0.25, -0.2) is 13.9 Å². The Balaban J connectivity index is 2.33. The van der Waals surface area contributed by atoms with Crippen molar-refractivity contribution in [1.29, 1.82) is 0 Å². The smallest absolute Gasteiger partial charge is 0.360 e. The van der Waals surface area contributed by atoms with Crippen LogP contribution in [-0.4, -0.2) is 27.6 Å². The van der Waals surface area contributed by atoms with Gasteiger partial charge in [0.05, 0.1) is 23.9 Å². The number of benzene rings is 1. The van der Waals surface area contributed by atoms with Crippen LogP contribution in [0.4, 0.5) is 4.39 Å². The summed E-state index contributed by atoms with van der Waals surface area (Å²) in [6.07, 6.45) is 0. The van der Waals surface area contributed by atoms with Crippen molar-refractivity contribution in [3.8, 4) is 0 Å². The molecule has 1 aromatic carbocycles. The zero-order chi connectivity index (χ0) is 15.4. The highest BCUT2D eigenvalue weighted by Crippen LogP contribution is 2.21. The molecule has 1 heterocycles. The second-order valence-corrected chi connectivity index (χ2v) is 4.56. The number of hydrogen-bond acceptors (Lipinski definition) is 5. The summed E-state index contributed by atoms with van der Waals surface area (Å²) in [7, 11) is 0. The van der Waals surface area contributed by atoms with Crippen LogP contribution in [0.2, 0.25) is 5.02 Å². The maximum Gasteiger partial charge on any atom is 0.360 e. The summed E-state index contributed by atoms with van der Waals surface area (Å²) in [5, 5.41) is 7.64. The molecule has 0 aliphatic carbocycles. The number of hydrogen-bond donors (Lipinski definition) is 1. The second kappa shape index (κ2) is 6.64. The molecule has 0 bridgehead atoms. The first-order chi connectivity index (χ1) is 10.1. The summed E-state index contributed by atoms with van der Waals surface area (Å²) in [4.78, 5) is 11.7. The van der Waals surface area contributed by atoms with E-state index in [9.17, 15) is 9.18 Å². The molecule has 112 valence electrons. The number of carbonyl (C=O) groups is 1. The van der Waals surface area contributed by atoms with Crippen LogP contribution in [0, 0.1) is 5.82 Å². The molecule has 6 nitrogen and oxygen atoms in total. The first-order valence-corrected chi connectivity index (χ1v) is 6.68. The minimum atomic E-state index is -0.588. The highest BCUT2D eigenvalue weighted by molar-refractivity contribution is 6.31. The van der Waals surface area contributed by atoms with E-state index < -0.39 is 11.8 Å². The maximum absolute atomic E-state index is 13.4. The van der Waals surface area contributed by atoms with Crippen LogP contribution >= 0.6 is 11.6 Å². The molecule has 2 aromatic rings. The Bertz CT molecular complexity index is 660. The molecule has 8 heteroatoms. The molecule has 0 spiro atoms. The molecule has 21 heavy (non-hydrogen) atoms. The summed E-state index contributed by atoms with van der Waals surface area (Å²) in [6, 6.07) is 4.47. The quantitative estimate of drug-likeness (QED) is 0.850. The predicted molar refractivity (Wildman–Crippen MR) is 74.4 cm³/mol. The molecular weight excluding hydrogens is 299 g/mol. The van der Waals surface area contributed by atoms with Gasteiger partial charge in [0, 0.05) is 6.54 Å². The third-order valence-electron chi connectivity index (χ3n) is 2.85. The molecule has 2 N–H and O–H groups in total. The summed E-state index contributed by atoms with van der Waals surface area (Å²) in [6.45, 7) is 2.13. The molecule has 0 aliphatic rings. The summed E-state index contributed by atoms with van der Waals surface area (Å²) < 4.78 is 19.7. The fourth-order valence-corrected chi connectivity index (χ4v) is 2.04. The van der Waals surface area contributed by atoms with Crippen molar-refractivity contribution in [3.63, 3.8) is 0 Å². The normalized spacial score (nSPS) is 10.7. The van der Waals surface area contributed by atoms with Crippen molar-refractivity contribution in [3.05, 3.63) is 46.0 Å². The third-order valence-corrected chi connectivity index (χ3v) is 3.27. The molecular formula is C13H14ClFN4O2. The van der Waals surface area contributed by atoms with E-state index in [4.69, 9.17) is 22.1 Å². The number of halogens is 2. The van der Waals surface area contributed by atoms with Gasteiger partial charge >= 0.3 is 5.97 Å². The lowest BCUT2D eigenvalue weighted by Gasteiger charge is -2.08. The van der Waals surface area contributed by atoms with Gasteiger partial charge in [0.15, 0.2) is 5.69 Å². The van der Waals surface area contributed by atoms with Crippen LogP contribution in [0.3, 0.4) is 0 Å². The number of aromatic nitrogens is 3. The van der Waals surface area contributed by atoms with Crippen LogP contribution in [-0.2, 0) is 17.8 Å². The Morgan fingerprint density at radius 1 is 1.52 bits per heavy atom. The highest BCUT2D eigenvalue weighted by atomic mass is 35.5. The van der Waals surface area contributed by atoms with Gasteiger partial charge in [-0.2, -0.15) is 0 Å². The van der Waals surface area contributed by atoms with Gasteiger partial charge in [-0.15, -0.1) is 5.10 Å². The largest absolute Gasteiger partial charge is 0.461 e. The molecule has 0 atom stereocenters. The molecule has 0 unspecified atom stereocenters. The number of nitrogens with zero attached hydrogens (tertiary/aromatic N) is 3. The molecule has 0 amide bonds. The lowest BCUT2D eigenvalue weighted by atomic mass is 10.2. The van der Waals surface area contributed by atoms with Gasteiger partial charge in [-0.3, -0.25) is 0 Å². The maximum atomic E-state index is 13.4. The standard InChI is InChI=1S/C13H14ClFN4O2/c1-2-21-13(20)12-10(6-16)19(18-17-12)7-8-4-3-5-9(15)11(8)14/h3-5H,2,6-7,16H2,1H3. The van der Waals surface area contributed by atoms with E-state index in [2.05, 4.69) is 10.3 Å². The van der Waals surface area contributed by atoms with Crippen molar-refractivity contribution in [1.82, 2.24) is 15.0 Å². The average Bonchev–Trinajstić information content (AvgIpc) is 2.87. The van der Waals surface area contributed by atoms with Crippen molar-refractivity contribution in [2.24, 2.45) is 5.73 Å². The first kappa shape index (κ1) is 15.4. The van der Waals surface area contributed by atoms with E-state index in [1.54, 1.807) is 19.1 Å². The number of nitrogens with two attached hydrogens (primary N) is 1. The number of rotatable bonds is 5. The second-order valence-electron chi connectivity index (χ2n) is 4.18. The highest BCUT2D eigenvalue weighted by Gasteiger charge is 2.20. The van der Waals surface area contributed by atoms with Gasteiger partial charge in [0.2, 0.25) is 0 Å². The Kier molecular flexibility index (Phi) is 4.87. The Hall–Kier alpha value is -1.99. The zero-order valence-electron chi connectivity index (χ0n) is 11.3. The average molecular weight is 313 g/mol. The fourth-order valence-electron chi connectivity index (χ4n) is 1.85. The molecule has 0 aliphatic heterocycles. The molecule has 0 fully saturated rings. The zero-order valence-corrected chi connectivity index (χ0v) is 12.1. The Morgan fingerprint density at radius 3 is 2.95 bits per heavy atom. The summed E-state index contributed by atoms with van der Waals surface area (Å²) in [5.41, 5.74) is 6.63. The Morgan fingerprint density at radius 2 is 2.29 bits per heavy atom. The summed E-state index contributed by atoms with van der Waals surface area (Å²) in [5.74, 6) is -1.11. The number of esters is 1. The minimum absolute atomic E-state index is 0.00801. The van der Waals surface area contributed by atoms with Crippen molar-refractivity contribution in [2.75, 3.05) is 6.61 Å². The monoisotopic (exact) mass is 312 g/mol. The number of carbonyl (C=O) groups excluding carboxylic acids is 1. The van der Waals surface area contributed by atoms with Gasteiger partial charge in [-0.1, -0.05) is 28.9 Å². The SMILES string of the molecule is CCOC(=O)c1nnn(Cc2cccc(F)c2Cl)c1CN. The lowest BCUT2D eigenvalue weighted by Crippen LogP contribution is -2.15. The van der Waals surface area contributed by atoms with Gasteiger partial charge < -0.3 is 10.5 Å². The predicted octanol–water partition coefficient (Wildman–Crippen LogP) is 1.75. The topological polar surface area (TPSA) is 83.0 Å². The third kappa shape index (κ3) is 3.20. The fraction of sp³-hybridized carbons (Fsp3) is 0.308. The van der Waals surface area contributed by atoms with E-state index >= 15 is 0 Å². The van der Waals surface area contributed by atoms with Crippen molar-refractivity contribution in [2.45, 2.75) is 20.0 Å². The Labute approximate surface area is 125 Å². The van der Waals surface area contributed by atoms with Gasteiger partial charge in [0.1, 0.15) is 5.82 Å². The minimum Gasteiger partial charge on any atom is -0.461 e. The van der Waals surface area contributed by atoms with Crippen LogP contribution in [0.25, 0.3) is 0 Å². The van der Waals surface area contributed by atoms with Crippen molar-refractivity contribution < 1.29 is 13.9 Å². The van der Waals surface area contributed by atoms with Crippen LogP contribution < -0.4 is 5.73 Å². The first-order valence-electron chi connectivity index (χ1n) is 6.30. The molecule has 2 rings (SSSR count). The van der Waals surface area contributed by atoms with Crippen LogP contribution in [0.15, 0.2) is 18.2 Å². The molecule has 0 saturated carbocycles. The van der Waals surface area contributed by atoms with Crippen LogP contribution in [0.5, 0.6) is 0 Å². The lowest BCUT2D eigenvalue weighted by molar-refractivity contribution is 0.0518. The van der Waals surface area contributed by atoms with E-state index in [0.717, 1.165) is 0 Å². The van der Waals surface area contributed by atoms with Crippen molar-refractivity contribution >= 4 is 17.6 Å². The molecule has 1 aromatic heterocycles. The van der Waals surface area contributed by atoms with E-state index in [1.165, 1.54) is 10.7 Å².